The van der Waals surface area contributed by atoms with Gasteiger partial charge in [-0.3, -0.25) is 0 Å². The van der Waals surface area contributed by atoms with Crippen molar-refractivity contribution < 1.29 is 0 Å². The summed E-state index contributed by atoms with van der Waals surface area (Å²) in [7, 11) is 0. The van der Waals surface area contributed by atoms with Crippen LogP contribution in [0.5, 0.6) is 0 Å². The Bertz CT molecular complexity index is 2260. The van der Waals surface area contributed by atoms with E-state index >= 15 is 0 Å². The van der Waals surface area contributed by atoms with Gasteiger partial charge in [0, 0.05) is 31.0 Å². The zero-order valence-corrected chi connectivity index (χ0v) is 26.4. The number of fused-ring (bicyclic) bond motifs is 9. The van der Waals surface area contributed by atoms with Gasteiger partial charge in [0.15, 0.2) is 0 Å². The molecule has 0 fully saturated rings. The molecule has 0 spiro atoms. The van der Waals surface area contributed by atoms with E-state index in [1.807, 2.05) is 23.5 Å². The minimum atomic E-state index is 1.17. The first-order chi connectivity index (χ1) is 22.8. The molecule has 0 saturated heterocycles. The molecule has 2 nitrogen and oxygen atoms in total. The fourth-order valence-electron chi connectivity index (χ4n) is 7.09. The van der Waals surface area contributed by atoms with Gasteiger partial charge >= 0.3 is 0 Å². The lowest BCUT2D eigenvalue weighted by molar-refractivity contribution is 1.17. The van der Waals surface area contributed by atoms with Gasteiger partial charge in [0.05, 0.1) is 22.7 Å². The van der Waals surface area contributed by atoms with Gasteiger partial charge < -0.3 is 9.80 Å². The van der Waals surface area contributed by atoms with Crippen molar-refractivity contribution in [2.24, 2.45) is 0 Å². The van der Waals surface area contributed by atoms with Crippen molar-refractivity contribution in [1.29, 1.82) is 0 Å². The van der Waals surface area contributed by atoms with E-state index in [0.717, 1.165) is 0 Å². The molecule has 0 bridgehead atoms. The van der Waals surface area contributed by atoms with Crippen LogP contribution in [0.3, 0.4) is 0 Å². The first kappa shape index (κ1) is 26.1. The van der Waals surface area contributed by atoms with Crippen molar-refractivity contribution in [2.45, 2.75) is 19.6 Å². The van der Waals surface area contributed by atoms with Gasteiger partial charge in [-0.25, -0.2) is 0 Å². The second-order valence-electron chi connectivity index (χ2n) is 11.8. The summed E-state index contributed by atoms with van der Waals surface area (Å²) >= 11 is 3.69. The molecule has 46 heavy (non-hydrogen) atoms. The molecule has 8 aromatic rings. The molecular weight excluding hydrogens is 597 g/mol. The van der Waals surface area contributed by atoms with E-state index in [2.05, 4.69) is 168 Å². The highest BCUT2D eigenvalue weighted by atomic mass is 32.2. The average molecular weight is 623 g/mol. The second-order valence-corrected chi connectivity index (χ2v) is 14.0. The third kappa shape index (κ3) is 3.94. The normalized spacial score (nSPS) is 13.4. The van der Waals surface area contributed by atoms with E-state index in [1.54, 1.807) is 0 Å². The van der Waals surface area contributed by atoms with E-state index in [1.165, 1.54) is 86.0 Å². The maximum absolute atomic E-state index is 2.43. The van der Waals surface area contributed by atoms with Crippen LogP contribution in [0.4, 0.5) is 34.1 Å². The maximum Gasteiger partial charge on any atom is 0.0601 e. The number of para-hydroxylation sites is 4. The average Bonchev–Trinajstić information content (AvgIpc) is 3.12. The minimum Gasteiger partial charge on any atom is -0.308 e. The molecule has 0 atom stereocenters. The lowest BCUT2D eigenvalue weighted by atomic mass is 9.95. The number of nitrogens with zero attached hydrogens (tertiary/aromatic N) is 2. The Kier molecular flexibility index (Phi) is 5.77. The Labute approximate surface area is 275 Å². The summed E-state index contributed by atoms with van der Waals surface area (Å²) in [6.45, 7) is 0. The van der Waals surface area contributed by atoms with Crippen molar-refractivity contribution in [2.75, 3.05) is 9.80 Å². The first-order valence-corrected chi connectivity index (χ1v) is 17.1. The van der Waals surface area contributed by atoms with Crippen LogP contribution in [-0.2, 0) is 0 Å². The van der Waals surface area contributed by atoms with Gasteiger partial charge in [-0.15, -0.1) is 0 Å². The standard InChI is InChI=1S/C42H26N2S2/c1-5-13-38-34(9-1)43(35-10-2-6-14-39(35)45-38)30-23-21-27-17-19-29-20-18-28-22-24-31(26-33(28)42(29)32(27)25-30)44-36-11-3-7-15-40(36)46-41-16-8-4-12-37(41)44/h1-26H. The molecule has 0 aromatic heterocycles. The van der Waals surface area contributed by atoms with Crippen LogP contribution in [0.25, 0.3) is 32.3 Å². The molecule has 2 aliphatic rings. The Balaban J connectivity index is 1.22. The van der Waals surface area contributed by atoms with Crippen molar-refractivity contribution in [1.82, 2.24) is 0 Å². The first-order valence-electron chi connectivity index (χ1n) is 15.5. The number of hydrogen-bond acceptors (Lipinski definition) is 4. The van der Waals surface area contributed by atoms with E-state index < -0.39 is 0 Å². The van der Waals surface area contributed by atoms with Crippen LogP contribution in [0.2, 0.25) is 0 Å². The maximum atomic E-state index is 2.43. The van der Waals surface area contributed by atoms with Crippen LogP contribution in [0.15, 0.2) is 177 Å². The lowest BCUT2D eigenvalue weighted by Gasteiger charge is -2.33. The fraction of sp³-hybridized carbons (Fsp3) is 0. The van der Waals surface area contributed by atoms with Gasteiger partial charge in [-0.2, -0.15) is 0 Å². The molecule has 2 aliphatic heterocycles. The van der Waals surface area contributed by atoms with Crippen molar-refractivity contribution >= 4 is 90.0 Å². The highest BCUT2D eigenvalue weighted by molar-refractivity contribution is 8.00. The van der Waals surface area contributed by atoms with E-state index in [-0.39, 0.29) is 0 Å². The van der Waals surface area contributed by atoms with Crippen molar-refractivity contribution in [3.63, 3.8) is 0 Å². The molecule has 2 heterocycles. The molecule has 4 heteroatoms. The Morgan fingerprint density at radius 3 is 1.04 bits per heavy atom. The SMILES string of the molecule is c1ccc2c(c1)Sc1ccccc1N2c1ccc2ccc3ccc4ccc(N5c6ccccc6Sc6ccccc65)cc4c3c2c1. The van der Waals surface area contributed by atoms with Gasteiger partial charge in [0.2, 0.25) is 0 Å². The predicted octanol–water partition coefficient (Wildman–Crippen LogP) is 13.0. The van der Waals surface area contributed by atoms with Crippen LogP contribution in [0.1, 0.15) is 0 Å². The van der Waals surface area contributed by atoms with Crippen molar-refractivity contribution in [3.05, 3.63) is 158 Å². The summed E-state index contributed by atoms with van der Waals surface area (Å²) < 4.78 is 0. The largest absolute Gasteiger partial charge is 0.308 e. The van der Waals surface area contributed by atoms with E-state index in [9.17, 15) is 0 Å². The third-order valence-corrected chi connectivity index (χ3v) is 11.4. The van der Waals surface area contributed by atoms with Crippen LogP contribution >= 0.6 is 23.5 Å². The molecule has 216 valence electrons. The summed E-state index contributed by atoms with van der Waals surface area (Å²) in [6.07, 6.45) is 0. The Morgan fingerprint density at radius 1 is 0.326 bits per heavy atom. The third-order valence-electron chi connectivity index (χ3n) is 9.17. The highest BCUT2D eigenvalue weighted by Crippen LogP contribution is 2.53. The van der Waals surface area contributed by atoms with Crippen LogP contribution in [-0.4, -0.2) is 0 Å². The Morgan fingerprint density at radius 2 is 0.652 bits per heavy atom. The number of rotatable bonds is 2. The minimum absolute atomic E-state index is 1.17. The molecule has 0 unspecified atom stereocenters. The zero-order valence-electron chi connectivity index (χ0n) is 24.7. The molecule has 0 aliphatic carbocycles. The van der Waals surface area contributed by atoms with Gasteiger partial charge in [-0.1, -0.05) is 108 Å². The Hall–Kier alpha value is -5.16. The fourth-order valence-corrected chi connectivity index (χ4v) is 9.21. The van der Waals surface area contributed by atoms with E-state index in [4.69, 9.17) is 0 Å². The van der Waals surface area contributed by atoms with Crippen LogP contribution < -0.4 is 9.80 Å². The molecule has 8 aromatic carbocycles. The van der Waals surface area contributed by atoms with Gasteiger partial charge in [-0.05, 0) is 105 Å². The molecule has 10 rings (SSSR count). The number of anilines is 6. The zero-order chi connectivity index (χ0) is 30.2. The van der Waals surface area contributed by atoms with Crippen LogP contribution in [0, 0.1) is 0 Å². The second kappa shape index (κ2) is 10.2. The quantitative estimate of drug-likeness (QED) is 0.177. The molecule has 0 amide bonds. The molecule has 0 radical (unpaired) electrons. The number of hydrogen-bond donors (Lipinski definition) is 0. The van der Waals surface area contributed by atoms with Gasteiger partial charge in [0.25, 0.3) is 0 Å². The van der Waals surface area contributed by atoms with Gasteiger partial charge in [0.1, 0.15) is 0 Å². The summed E-state index contributed by atoms with van der Waals surface area (Å²) in [6, 6.07) is 57.9. The summed E-state index contributed by atoms with van der Waals surface area (Å²) in [5.41, 5.74) is 7.22. The molecule has 0 saturated carbocycles. The highest BCUT2D eigenvalue weighted by Gasteiger charge is 2.26. The lowest BCUT2D eigenvalue weighted by Crippen LogP contribution is -2.14. The predicted molar refractivity (Wildman–Crippen MR) is 197 cm³/mol. The smallest absolute Gasteiger partial charge is 0.0601 e. The molecule has 0 N–H and O–H groups in total. The number of benzene rings is 8. The summed E-state index contributed by atoms with van der Waals surface area (Å²) in [5.74, 6) is 0. The van der Waals surface area contributed by atoms with Crippen molar-refractivity contribution in [3.8, 4) is 0 Å². The summed E-state index contributed by atoms with van der Waals surface area (Å²) in [5, 5.41) is 7.56. The van der Waals surface area contributed by atoms with E-state index in [0.29, 0.717) is 0 Å². The topological polar surface area (TPSA) is 6.48 Å². The monoisotopic (exact) mass is 622 g/mol. The molecular formula is C42H26N2S2. The summed E-state index contributed by atoms with van der Waals surface area (Å²) in [4.78, 5) is 9.94.